The van der Waals surface area contributed by atoms with Gasteiger partial charge in [0.05, 0.1) is 27.2 Å². The third kappa shape index (κ3) is 14.5. The highest BCUT2D eigenvalue weighted by atomic mass is 19.5. The molecule has 0 aromatic heterocycles. The fraction of sp³-hybridized carbons (Fsp3) is 1.00. The Bertz CT molecular complexity index is 123. The van der Waals surface area contributed by atoms with Gasteiger partial charge in [-0.05, 0) is 0 Å². The van der Waals surface area contributed by atoms with Crippen molar-refractivity contribution in [3.8, 4) is 0 Å². The molecule has 0 aromatic carbocycles. The highest BCUT2D eigenvalue weighted by molar-refractivity contribution is 6.50. The van der Waals surface area contributed by atoms with E-state index in [9.17, 15) is 17.3 Å². The van der Waals surface area contributed by atoms with Crippen LogP contribution in [-0.4, -0.2) is 38.9 Å². The van der Waals surface area contributed by atoms with Crippen molar-refractivity contribution in [2.75, 3.05) is 27.2 Å². The summed E-state index contributed by atoms with van der Waals surface area (Å²) in [5.41, 5.74) is 0. The van der Waals surface area contributed by atoms with Gasteiger partial charge in [-0.15, -0.1) is 0 Å². The Hall–Kier alpha value is -0.295. The molecule has 7 heteroatoms. The van der Waals surface area contributed by atoms with Crippen LogP contribution in [0.1, 0.15) is 12.8 Å². The fourth-order valence-corrected chi connectivity index (χ4v) is 1.19. The summed E-state index contributed by atoms with van der Waals surface area (Å²) in [5.74, 6) is 0. The van der Waals surface area contributed by atoms with Crippen molar-refractivity contribution in [2.45, 2.75) is 12.8 Å². The maximum atomic E-state index is 9.75. The Morgan fingerprint density at radius 3 is 1.23 bits per heavy atom. The summed E-state index contributed by atoms with van der Waals surface area (Å²) < 4.78 is 40.2. The predicted molar refractivity (Wildman–Crippen MR) is 46.3 cm³/mol. The van der Waals surface area contributed by atoms with Gasteiger partial charge >= 0.3 is 7.25 Å². The van der Waals surface area contributed by atoms with Gasteiger partial charge in [0.1, 0.15) is 0 Å². The first-order chi connectivity index (χ1) is 5.21. The lowest BCUT2D eigenvalue weighted by molar-refractivity contribution is -0.877. The molecule has 0 spiro atoms. The van der Waals surface area contributed by atoms with Crippen LogP contribution in [0.5, 0.6) is 0 Å². The lowest BCUT2D eigenvalue weighted by Crippen LogP contribution is -2.35. The first-order valence-electron chi connectivity index (χ1n) is 3.90. The Balaban J connectivity index is 0. The summed E-state index contributed by atoms with van der Waals surface area (Å²) in [4.78, 5) is 0. The number of rotatable bonds is 0. The number of quaternary nitrogens is 1. The van der Waals surface area contributed by atoms with Crippen LogP contribution in [0.2, 0.25) is 0 Å². The third-order valence-corrected chi connectivity index (χ3v) is 1.78. The minimum absolute atomic E-state index is 0. The van der Waals surface area contributed by atoms with Crippen molar-refractivity contribution in [1.82, 2.24) is 6.15 Å². The van der Waals surface area contributed by atoms with Crippen LogP contribution >= 0.6 is 0 Å². The molecule has 1 aliphatic heterocycles. The highest BCUT2D eigenvalue weighted by Gasteiger charge is 2.20. The molecule has 1 rings (SSSR count). The molecular weight excluding hydrogens is 187 g/mol. The normalized spacial score (nSPS) is 19.8. The quantitative estimate of drug-likeness (QED) is 0.366. The molecule has 3 N–H and O–H groups in total. The second-order valence-electron chi connectivity index (χ2n) is 3.58. The average Bonchev–Trinajstić information content (AvgIpc) is 2.08. The van der Waals surface area contributed by atoms with Crippen molar-refractivity contribution in [1.29, 1.82) is 0 Å². The van der Waals surface area contributed by atoms with Gasteiger partial charge in [0.15, 0.2) is 0 Å². The van der Waals surface area contributed by atoms with Crippen molar-refractivity contribution in [3.05, 3.63) is 0 Å². The maximum absolute atomic E-state index is 9.75. The molecule has 0 aromatic rings. The van der Waals surface area contributed by atoms with Gasteiger partial charge in [-0.2, -0.15) is 0 Å². The van der Waals surface area contributed by atoms with Crippen LogP contribution in [0.4, 0.5) is 17.3 Å². The molecule has 0 radical (unpaired) electrons. The smallest absolute Gasteiger partial charge is 0.418 e. The summed E-state index contributed by atoms with van der Waals surface area (Å²) in [7, 11) is -1.40. The zero-order valence-electron chi connectivity index (χ0n) is 8.07. The van der Waals surface area contributed by atoms with E-state index in [2.05, 4.69) is 14.1 Å². The molecule has 82 valence electrons. The highest BCUT2D eigenvalue weighted by Crippen LogP contribution is 2.11. The van der Waals surface area contributed by atoms with E-state index in [4.69, 9.17) is 0 Å². The van der Waals surface area contributed by atoms with Crippen molar-refractivity contribution in [2.24, 2.45) is 0 Å². The van der Waals surface area contributed by atoms with E-state index < -0.39 is 7.25 Å². The maximum Gasteiger partial charge on any atom is 0.673 e. The van der Waals surface area contributed by atoms with Crippen LogP contribution in [0.15, 0.2) is 0 Å². The second kappa shape index (κ2) is 5.44. The largest absolute Gasteiger partial charge is 0.673 e. The van der Waals surface area contributed by atoms with Crippen LogP contribution in [0.25, 0.3) is 0 Å². The lowest BCUT2D eigenvalue weighted by Gasteiger charge is -2.21. The van der Waals surface area contributed by atoms with E-state index in [1.165, 1.54) is 30.4 Å². The van der Waals surface area contributed by atoms with E-state index in [0.717, 1.165) is 0 Å². The first-order valence-corrected chi connectivity index (χ1v) is 3.90. The van der Waals surface area contributed by atoms with Crippen molar-refractivity contribution < 1.29 is 21.7 Å². The molecule has 1 heterocycles. The van der Waals surface area contributed by atoms with E-state index in [-0.39, 0.29) is 6.15 Å². The van der Waals surface area contributed by atoms with Crippen molar-refractivity contribution in [3.63, 3.8) is 0 Å². The van der Waals surface area contributed by atoms with Gasteiger partial charge in [0.2, 0.25) is 0 Å². The van der Waals surface area contributed by atoms with Gasteiger partial charge in [-0.1, -0.05) is 0 Å². The number of likely N-dealkylation sites (tertiary alicyclic amines) is 1. The van der Waals surface area contributed by atoms with Gasteiger partial charge in [0.25, 0.3) is 0 Å². The van der Waals surface area contributed by atoms with E-state index >= 15 is 0 Å². The van der Waals surface area contributed by atoms with Crippen LogP contribution in [0, 0.1) is 0 Å². The minimum atomic E-state index is -6.00. The second-order valence-corrected chi connectivity index (χ2v) is 3.58. The number of halogens is 4. The SMILES string of the molecule is C[N+]1(C)CCCC1.F[B-](F)(F)F.N. The summed E-state index contributed by atoms with van der Waals surface area (Å²) >= 11 is 0. The van der Waals surface area contributed by atoms with Gasteiger partial charge in [-0.3, -0.25) is 0 Å². The third-order valence-electron chi connectivity index (χ3n) is 1.78. The first kappa shape index (κ1) is 15.2. The van der Waals surface area contributed by atoms with Crippen LogP contribution < -0.4 is 6.15 Å². The van der Waals surface area contributed by atoms with E-state index in [0.29, 0.717) is 0 Å². The minimum Gasteiger partial charge on any atom is -0.418 e. The molecule has 0 atom stereocenters. The zero-order chi connectivity index (χ0) is 9.83. The number of hydrogen-bond acceptors (Lipinski definition) is 1. The molecule has 1 fully saturated rings. The van der Waals surface area contributed by atoms with Crippen LogP contribution in [0.3, 0.4) is 0 Å². The molecule has 0 unspecified atom stereocenters. The van der Waals surface area contributed by atoms with Crippen molar-refractivity contribution >= 4 is 7.25 Å². The molecule has 0 saturated carbocycles. The Kier molecular flexibility index (Phi) is 6.35. The molecule has 13 heavy (non-hydrogen) atoms. The standard InChI is InChI=1S/C6H14N.BF4.H3N/c1-7(2)5-3-4-6-7;2-1(3,4)5;/h3-6H2,1-2H3;;1H3/q+1;-1;. The van der Waals surface area contributed by atoms with Gasteiger partial charge in [-0.25, -0.2) is 0 Å². The summed E-state index contributed by atoms with van der Waals surface area (Å²) in [5, 5.41) is 0. The van der Waals surface area contributed by atoms with Crippen LogP contribution in [-0.2, 0) is 0 Å². The Morgan fingerprint density at radius 2 is 1.15 bits per heavy atom. The van der Waals surface area contributed by atoms with E-state index in [1.54, 1.807) is 0 Å². The topological polar surface area (TPSA) is 35.0 Å². The molecule has 0 aliphatic carbocycles. The predicted octanol–water partition coefficient (Wildman–Crippen LogP) is 2.32. The molecule has 1 aliphatic rings. The lowest BCUT2D eigenvalue weighted by atomic mass is 10.3. The van der Waals surface area contributed by atoms with Gasteiger partial charge in [0, 0.05) is 12.8 Å². The van der Waals surface area contributed by atoms with Gasteiger partial charge < -0.3 is 27.9 Å². The summed E-state index contributed by atoms with van der Waals surface area (Å²) in [6, 6.07) is 0. The molecule has 0 bridgehead atoms. The summed E-state index contributed by atoms with van der Waals surface area (Å²) in [6.07, 6.45) is 2.88. The Morgan fingerprint density at radius 1 is 0.923 bits per heavy atom. The van der Waals surface area contributed by atoms with E-state index in [1.807, 2.05) is 0 Å². The average molecular weight is 204 g/mol. The molecule has 1 saturated heterocycles. The molecule has 2 nitrogen and oxygen atoms in total. The number of nitrogens with zero attached hydrogens (tertiary/aromatic N) is 1. The number of hydrogen-bond donors (Lipinski definition) is 1. The summed E-state index contributed by atoms with van der Waals surface area (Å²) in [6.45, 7) is 2.78. The molecule has 0 amide bonds. The monoisotopic (exact) mass is 204 g/mol. The zero-order valence-corrected chi connectivity index (χ0v) is 8.07. The Labute approximate surface area is 76.2 Å². The molecular formula is C6H17BF4N2. The fourth-order valence-electron chi connectivity index (χ4n) is 1.19.